The van der Waals surface area contributed by atoms with Crippen LogP contribution < -0.4 is 5.56 Å². The van der Waals surface area contributed by atoms with Crippen LogP contribution in [0.15, 0.2) is 47.3 Å². The van der Waals surface area contributed by atoms with Crippen molar-refractivity contribution >= 4 is 0 Å². The standard InChI is InChI=1S/C20H16F4N4O/c21-13-6-4-12(5-7-13)16-3-1-2-14(25-16)10-28-9-8-17-15(11-28)18(29)27-19(26-17)20(22,23)24/h1-7H,8-11H2,(H,26,27,29). The number of rotatable bonds is 3. The minimum atomic E-state index is -4.68. The van der Waals surface area contributed by atoms with Crippen LogP contribution in [0.4, 0.5) is 17.6 Å². The normalized spacial score (nSPS) is 14.6. The Labute approximate surface area is 163 Å². The van der Waals surface area contributed by atoms with Gasteiger partial charge < -0.3 is 4.98 Å². The van der Waals surface area contributed by atoms with Crippen LogP contribution in [-0.4, -0.2) is 26.4 Å². The molecule has 2 aromatic heterocycles. The van der Waals surface area contributed by atoms with Gasteiger partial charge >= 0.3 is 6.18 Å². The van der Waals surface area contributed by atoms with Crippen LogP contribution in [0.5, 0.6) is 0 Å². The smallest absolute Gasteiger partial charge is 0.303 e. The molecule has 0 saturated heterocycles. The number of aromatic amines is 1. The molecule has 0 saturated carbocycles. The third kappa shape index (κ3) is 4.19. The average Bonchev–Trinajstić information content (AvgIpc) is 2.68. The number of nitrogens with zero attached hydrogens (tertiary/aromatic N) is 3. The summed E-state index contributed by atoms with van der Waals surface area (Å²) in [5.74, 6) is -1.59. The van der Waals surface area contributed by atoms with Crippen molar-refractivity contribution in [1.29, 1.82) is 0 Å². The minimum absolute atomic E-state index is 0.186. The molecule has 1 aliphatic heterocycles. The van der Waals surface area contributed by atoms with Crippen molar-refractivity contribution in [3.8, 4) is 11.3 Å². The number of pyridine rings is 1. The molecule has 9 heteroatoms. The molecule has 0 atom stereocenters. The molecule has 4 rings (SSSR count). The lowest BCUT2D eigenvalue weighted by molar-refractivity contribution is -0.145. The highest BCUT2D eigenvalue weighted by molar-refractivity contribution is 5.58. The molecule has 1 aromatic carbocycles. The number of benzene rings is 1. The maximum Gasteiger partial charge on any atom is 0.449 e. The highest BCUT2D eigenvalue weighted by Gasteiger charge is 2.35. The Balaban J connectivity index is 1.53. The zero-order valence-corrected chi connectivity index (χ0v) is 15.1. The van der Waals surface area contributed by atoms with Gasteiger partial charge in [-0.15, -0.1) is 0 Å². The largest absolute Gasteiger partial charge is 0.449 e. The van der Waals surface area contributed by atoms with Crippen molar-refractivity contribution in [3.63, 3.8) is 0 Å². The molecule has 1 aliphatic rings. The number of fused-ring (bicyclic) bond motifs is 1. The molecular weight excluding hydrogens is 388 g/mol. The van der Waals surface area contributed by atoms with Crippen molar-refractivity contribution in [1.82, 2.24) is 19.9 Å². The predicted octanol–water partition coefficient (Wildman–Crippen LogP) is 3.55. The van der Waals surface area contributed by atoms with Crippen molar-refractivity contribution in [2.24, 2.45) is 0 Å². The van der Waals surface area contributed by atoms with Crippen LogP contribution in [0, 0.1) is 5.82 Å². The van der Waals surface area contributed by atoms with Gasteiger partial charge in [0.1, 0.15) is 5.82 Å². The molecular formula is C20H16F4N4O. The first-order chi connectivity index (χ1) is 13.8. The summed E-state index contributed by atoms with van der Waals surface area (Å²) in [7, 11) is 0. The lowest BCUT2D eigenvalue weighted by Gasteiger charge is -2.27. The zero-order valence-electron chi connectivity index (χ0n) is 15.1. The molecule has 1 N–H and O–H groups in total. The lowest BCUT2D eigenvalue weighted by Crippen LogP contribution is -2.36. The van der Waals surface area contributed by atoms with Gasteiger partial charge in [-0.3, -0.25) is 14.7 Å². The Bertz CT molecular complexity index is 1090. The Morgan fingerprint density at radius 2 is 1.83 bits per heavy atom. The summed E-state index contributed by atoms with van der Waals surface area (Å²) in [4.78, 5) is 24.1. The van der Waals surface area contributed by atoms with Gasteiger partial charge in [0.05, 0.1) is 22.6 Å². The molecule has 29 heavy (non-hydrogen) atoms. The fraction of sp³-hybridized carbons (Fsp3) is 0.250. The average molecular weight is 404 g/mol. The minimum Gasteiger partial charge on any atom is -0.303 e. The van der Waals surface area contributed by atoms with E-state index in [1.54, 1.807) is 12.1 Å². The summed E-state index contributed by atoms with van der Waals surface area (Å²) in [6.07, 6.45) is -4.43. The van der Waals surface area contributed by atoms with Gasteiger partial charge in [-0.2, -0.15) is 13.2 Å². The van der Waals surface area contributed by atoms with Gasteiger partial charge in [-0.05, 0) is 36.4 Å². The van der Waals surface area contributed by atoms with Crippen LogP contribution in [0.1, 0.15) is 22.8 Å². The number of alkyl halides is 3. The number of halogens is 4. The van der Waals surface area contributed by atoms with Gasteiger partial charge in [-0.1, -0.05) is 6.07 Å². The first-order valence-corrected chi connectivity index (χ1v) is 8.93. The maximum atomic E-state index is 13.1. The Hall–Kier alpha value is -3.07. The maximum absolute atomic E-state index is 13.1. The summed E-state index contributed by atoms with van der Waals surface area (Å²) < 4.78 is 51.6. The summed E-state index contributed by atoms with van der Waals surface area (Å²) in [6, 6.07) is 11.5. The molecule has 0 radical (unpaired) electrons. The highest BCUT2D eigenvalue weighted by Crippen LogP contribution is 2.27. The van der Waals surface area contributed by atoms with Crippen molar-refractivity contribution in [3.05, 3.63) is 81.4 Å². The number of H-pyrrole nitrogens is 1. The Morgan fingerprint density at radius 3 is 2.55 bits per heavy atom. The molecule has 0 aliphatic carbocycles. The fourth-order valence-corrected chi connectivity index (χ4v) is 3.33. The van der Waals surface area contributed by atoms with Crippen LogP contribution in [0.3, 0.4) is 0 Å². The van der Waals surface area contributed by atoms with Crippen molar-refractivity contribution in [2.75, 3.05) is 6.54 Å². The molecule has 0 spiro atoms. The third-order valence-electron chi connectivity index (χ3n) is 4.75. The third-order valence-corrected chi connectivity index (χ3v) is 4.75. The van der Waals surface area contributed by atoms with Crippen LogP contribution >= 0.6 is 0 Å². The van der Waals surface area contributed by atoms with Gasteiger partial charge in [-0.25, -0.2) is 9.37 Å². The fourth-order valence-electron chi connectivity index (χ4n) is 3.33. The van der Waals surface area contributed by atoms with E-state index in [2.05, 4.69) is 9.97 Å². The summed E-state index contributed by atoms with van der Waals surface area (Å²) in [5.41, 5.74) is 1.88. The van der Waals surface area contributed by atoms with Gasteiger partial charge in [0, 0.05) is 31.6 Å². The van der Waals surface area contributed by atoms with Gasteiger partial charge in [0.15, 0.2) is 0 Å². The number of aromatic nitrogens is 3. The summed E-state index contributed by atoms with van der Waals surface area (Å²) in [5, 5.41) is 0. The number of nitrogens with one attached hydrogen (secondary N) is 1. The molecule has 5 nitrogen and oxygen atoms in total. The first kappa shape index (κ1) is 19.3. The van der Waals surface area contributed by atoms with Crippen molar-refractivity contribution < 1.29 is 17.6 Å². The van der Waals surface area contributed by atoms with Crippen LogP contribution in [0.2, 0.25) is 0 Å². The molecule has 0 bridgehead atoms. The molecule has 150 valence electrons. The van der Waals surface area contributed by atoms with Gasteiger partial charge in [0.2, 0.25) is 5.82 Å². The molecule has 3 aromatic rings. The van der Waals surface area contributed by atoms with E-state index in [0.29, 0.717) is 18.8 Å². The van der Waals surface area contributed by atoms with E-state index >= 15 is 0 Å². The molecule has 3 heterocycles. The number of hydrogen-bond donors (Lipinski definition) is 1. The summed E-state index contributed by atoms with van der Waals surface area (Å²) >= 11 is 0. The summed E-state index contributed by atoms with van der Waals surface area (Å²) in [6.45, 7) is 1.08. The van der Waals surface area contributed by atoms with E-state index in [-0.39, 0.29) is 30.0 Å². The second-order valence-corrected chi connectivity index (χ2v) is 6.82. The zero-order chi connectivity index (χ0) is 20.6. The van der Waals surface area contributed by atoms with E-state index in [9.17, 15) is 22.4 Å². The van der Waals surface area contributed by atoms with E-state index < -0.39 is 17.6 Å². The molecule has 0 unspecified atom stereocenters. The topological polar surface area (TPSA) is 61.9 Å². The lowest BCUT2D eigenvalue weighted by atomic mass is 10.1. The Kier molecular flexibility index (Phi) is 4.91. The second-order valence-electron chi connectivity index (χ2n) is 6.82. The van der Waals surface area contributed by atoms with E-state index in [1.165, 1.54) is 12.1 Å². The van der Waals surface area contributed by atoms with Gasteiger partial charge in [0.25, 0.3) is 5.56 Å². The van der Waals surface area contributed by atoms with Crippen LogP contribution in [-0.2, 0) is 25.7 Å². The highest BCUT2D eigenvalue weighted by atomic mass is 19.4. The SMILES string of the molecule is O=c1[nH]c(C(F)(F)F)nc2c1CN(Cc1cccc(-c3ccc(F)cc3)n1)CC2. The Morgan fingerprint density at radius 1 is 1.07 bits per heavy atom. The van der Waals surface area contributed by atoms with E-state index in [1.807, 2.05) is 28.1 Å². The van der Waals surface area contributed by atoms with E-state index in [0.717, 1.165) is 11.3 Å². The molecule has 0 fully saturated rings. The predicted molar refractivity (Wildman–Crippen MR) is 97.3 cm³/mol. The van der Waals surface area contributed by atoms with Crippen LogP contribution in [0.25, 0.3) is 11.3 Å². The van der Waals surface area contributed by atoms with Crippen molar-refractivity contribution in [2.45, 2.75) is 25.7 Å². The molecule has 0 amide bonds. The first-order valence-electron chi connectivity index (χ1n) is 8.93. The quantitative estimate of drug-likeness (QED) is 0.679. The second kappa shape index (κ2) is 7.40. The monoisotopic (exact) mass is 404 g/mol. The van der Waals surface area contributed by atoms with E-state index in [4.69, 9.17) is 0 Å². The number of hydrogen-bond acceptors (Lipinski definition) is 4.